The number of pyridine rings is 2. The quantitative estimate of drug-likeness (QED) is 0.299. The van der Waals surface area contributed by atoms with Crippen LogP contribution in [0.1, 0.15) is 31.2 Å². The number of para-hydroxylation sites is 1. The van der Waals surface area contributed by atoms with Crippen LogP contribution in [0.4, 0.5) is 17.1 Å². The third kappa shape index (κ3) is 5.77. The lowest BCUT2D eigenvalue weighted by atomic mass is 9.96. The molecule has 2 aliphatic heterocycles. The molecule has 202 valence electrons. The third-order valence-corrected chi connectivity index (χ3v) is 8.81. The molecule has 0 aliphatic carbocycles. The molecule has 0 saturated carbocycles. The van der Waals surface area contributed by atoms with Crippen LogP contribution < -0.4 is 9.80 Å². The average molecular weight is 521 g/mol. The number of likely N-dealkylation sites (tertiary alicyclic amines) is 2. The third-order valence-electron chi connectivity index (χ3n) is 8.81. The molecule has 0 spiro atoms. The number of rotatable bonds is 7. The van der Waals surface area contributed by atoms with Crippen LogP contribution in [0.5, 0.6) is 0 Å². The summed E-state index contributed by atoms with van der Waals surface area (Å²) in [7, 11) is 4.36. The van der Waals surface area contributed by atoms with Crippen molar-refractivity contribution in [3.05, 3.63) is 90.9 Å². The van der Waals surface area contributed by atoms with E-state index >= 15 is 0 Å². The largest absolute Gasteiger partial charge is 0.364 e. The minimum absolute atomic E-state index is 0.512. The fourth-order valence-corrected chi connectivity index (χ4v) is 6.40. The van der Waals surface area contributed by atoms with Gasteiger partial charge in [0.1, 0.15) is 0 Å². The summed E-state index contributed by atoms with van der Waals surface area (Å²) in [4.78, 5) is 18.9. The number of hydrogen-bond acceptors (Lipinski definition) is 6. The van der Waals surface area contributed by atoms with Crippen molar-refractivity contribution in [2.75, 3.05) is 50.1 Å². The van der Waals surface area contributed by atoms with Gasteiger partial charge in [0.15, 0.2) is 0 Å². The van der Waals surface area contributed by atoms with Crippen LogP contribution >= 0.6 is 0 Å². The predicted octanol–water partition coefficient (Wildman–Crippen LogP) is 5.96. The number of hydrogen-bond donors (Lipinski definition) is 0. The highest BCUT2D eigenvalue weighted by molar-refractivity contribution is 5.91. The lowest BCUT2D eigenvalue weighted by Gasteiger charge is -2.44. The summed E-state index contributed by atoms with van der Waals surface area (Å²) in [5, 5.41) is 1.24. The standard InChI is InChI=1S/C33H40N6/c1-36-21-14-29(15-22-36)38-23-16-30(17-24-38)39(33-13-20-35-32-6-4-3-5-31(32)33)25-26-7-9-27(10-8-26)37(2)28-11-18-34-19-12-28/h3-13,18-20,29-30H,14-17,21-25H2,1-2H3. The first-order chi connectivity index (χ1) is 19.2. The average Bonchev–Trinajstić information content (AvgIpc) is 3.01. The van der Waals surface area contributed by atoms with E-state index in [0.29, 0.717) is 6.04 Å². The van der Waals surface area contributed by atoms with Crippen molar-refractivity contribution in [2.24, 2.45) is 0 Å². The molecule has 4 aromatic rings. The van der Waals surface area contributed by atoms with Crippen LogP contribution in [0, 0.1) is 0 Å². The van der Waals surface area contributed by atoms with Gasteiger partial charge in [0.05, 0.1) is 5.52 Å². The van der Waals surface area contributed by atoms with Crippen molar-refractivity contribution in [3.8, 4) is 0 Å². The molecule has 2 fully saturated rings. The number of aromatic nitrogens is 2. The summed E-state index contributed by atoms with van der Waals surface area (Å²) in [5.41, 5.74) is 6.02. The molecule has 2 aliphatic rings. The summed E-state index contributed by atoms with van der Waals surface area (Å²) in [6, 6.07) is 25.2. The molecule has 0 N–H and O–H groups in total. The molecule has 6 heteroatoms. The van der Waals surface area contributed by atoms with Crippen molar-refractivity contribution in [1.82, 2.24) is 19.8 Å². The van der Waals surface area contributed by atoms with Gasteiger partial charge >= 0.3 is 0 Å². The Bertz CT molecular complexity index is 1340. The molecular weight excluding hydrogens is 480 g/mol. The molecule has 2 saturated heterocycles. The van der Waals surface area contributed by atoms with E-state index in [1.165, 1.54) is 74.2 Å². The zero-order valence-electron chi connectivity index (χ0n) is 23.3. The van der Waals surface area contributed by atoms with E-state index in [4.69, 9.17) is 0 Å². The smallest absolute Gasteiger partial charge is 0.0722 e. The van der Waals surface area contributed by atoms with E-state index in [2.05, 4.69) is 98.3 Å². The Hall–Kier alpha value is -3.48. The van der Waals surface area contributed by atoms with Gasteiger partial charge in [-0.1, -0.05) is 30.3 Å². The van der Waals surface area contributed by atoms with Crippen LogP contribution in [-0.4, -0.2) is 72.1 Å². The molecule has 0 atom stereocenters. The minimum atomic E-state index is 0.512. The Morgan fingerprint density at radius 3 is 2.21 bits per heavy atom. The van der Waals surface area contributed by atoms with Crippen molar-refractivity contribution >= 4 is 28.0 Å². The van der Waals surface area contributed by atoms with Gasteiger partial charge in [-0.05, 0) is 87.8 Å². The number of anilines is 3. The van der Waals surface area contributed by atoms with Gasteiger partial charge in [0.25, 0.3) is 0 Å². The molecule has 0 radical (unpaired) electrons. The normalized spacial score (nSPS) is 17.9. The lowest BCUT2D eigenvalue weighted by molar-refractivity contribution is 0.0959. The second kappa shape index (κ2) is 11.7. The van der Waals surface area contributed by atoms with Gasteiger partial charge in [-0.15, -0.1) is 0 Å². The first-order valence-corrected chi connectivity index (χ1v) is 14.4. The molecule has 6 nitrogen and oxygen atoms in total. The van der Waals surface area contributed by atoms with Gasteiger partial charge in [-0.3, -0.25) is 9.97 Å². The fraction of sp³-hybridized carbons (Fsp3) is 0.394. The summed E-state index contributed by atoms with van der Waals surface area (Å²) in [6.07, 6.45) is 10.7. The van der Waals surface area contributed by atoms with Gasteiger partial charge in [0.2, 0.25) is 0 Å². The van der Waals surface area contributed by atoms with E-state index in [9.17, 15) is 0 Å². The summed E-state index contributed by atoms with van der Waals surface area (Å²) in [6.45, 7) is 5.73. The van der Waals surface area contributed by atoms with Gasteiger partial charge in [-0.25, -0.2) is 0 Å². The van der Waals surface area contributed by atoms with Crippen LogP contribution in [0.3, 0.4) is 0 Å². The zero-order valence-corrected chi connectivity index (χ0v) is 23.3. The van der Waals surface area contributed by atoms with Crippen LogP contribution in [0.25, 0.3) is 10.9 Å². The molecule has 39 heavy (non-hydrogen) atoms. The Labute approximate surface area is 232 Å². The van der Waals surface area contributed by atoms with Crippen LogP contribution in [0.2, 0.25) is 0 Å². The van der Waals surface area contributed by atoms with E-state index in [0.717, 1.165) is 23.8 Å². The van der Waals surface area contributed by atoms with Crippen molar-refractivity contribution in [2.45, 2.75) is 44.3 Å². The second-order valence-corrected chi connectivity index (χ2v) is 11.2. The lowest BCUT2D eigenvalue weighted by Crippen LogP contribution is -2.50. The number of nitrogens with zero attached hydrogens (tertiary/aromatic N) is 6. The summed E-state index contributed by atoms with van der Waals surface area (Å²) in [5.74, 6) is 0. The first-order valence-electron chi connectivity index (χ1n) is 14.4. The van der Waals surface area contributed by atoms with Crippen LogP contribution in [-0.2, 0) is 6.54 Å². The zero-order chi connectivity index (χ0) is 26.6. The molecular formula is C33H40N6. The highest BCUT2D eigenvalue weighted by Crippen LogP contribution is 2.33. The Morgan fingerprint density at radius 1 is 0.769 bits per heavy atom. The fourth-order valence-electron chi connectivity index (χ4n) is 6.40. The monoisotopic (exact) mass is 520 g/mol. The summed E-state index contributed by atoms with van der Waals surface area (Å²) >= 11 is 0. The van der Waals surface area contributed by atoms with Crippen molar-refractivity contribution in [3.63, 3.8) is 0 Å². The SMILES string of the molecule is CN1CCC(N2CCC(N(Cc3ccc(N(C)c4ccncc4)cc3)c3ccnc4ccccc34)CC2)CC1. The maximum absolute atomic E-state index is 4.67. The molecule has 0 bridgehead atoms. The molecule has 2 aromatic carbocycles. The second-order valence-electron chi connectivity index (χ2n) is 11.2. The minimum Gasteiger partial charge on any atom is -0.364 e. The highest BCUT2D eigenvalue weighted by atomic mass is 15.2. The molecule has 2 aromatic heterocycles. The van der Waals surface area contributed by atoms with E-state index in [-0.39, 0.29) is 0 Å². The maximum atomic E-state index is 4.67. The van der Waals surface area contributed by atoms with E-state index < -0.39 is 0 Å². The molecule has 0 unspecified atom stereocenters. The highest BCUT2D eigenvalue weighted by Gasteiger charge is 2.30. The van der Waals surface area contributed by atoms with E-state index in [1.807, 2.05) is 30.7 Å². The van der Waals surface area contributed by atoms with Gasteiger partial charge in [-0.2, -0.15) is 0 Å². The number of benzene rings is 2. The maximum Gasteiger partial charge on any atom is 0.0722 e. The van der Waals surface area contributed by atoms with Crippen LogP contribution in [0.15, 0.2) is 85.3 Å². The van der Waals surface area contributed by atoms with E-state index in [1.54, 1.807) is 0 Å². The summed E-state index contributed by atoms with van der Waals surface area (Å²) < 4.78 is 0. The molecule has 4 heterocycles. The Balaban J connectivity index is 1.23. The number of piperidine rings is 2. The first kappa shape index (κ1) is 25.8. The van der Waals surface area contributed by atoms with Crippen molar-refractivity contribution in [1.29, 1.82) is 0 Å². The number of fused-ring (bicyclic) bond motifs is 1. The Morgan fingerprint density at radius 2 is 1.46 bits per heavy atom. The topological polar surface area (TPSA) is 38.7 Å². The van der Waals surface area contributed by atoms with Gasteiger partial charge < -0.3 is 19.6 Å². The molecule has 6 rings (SSSR count). The van der Waals surface area contributed by atoms with Crippen molar-refractivity contribution < 1.29 is 0 Å². The predicted molar refractivity (Wildman–Crippen MR) is 162 cm³/mol. The molecule has 0 amide bonds. The van der Waals surface area contributed by atoms with Gasteiger partial charge in [0, 0.05) is 79.8 Å². The Kier molecular flexibility index (Phi) is 7.75.